The van der Waals surface area contributed by atoms with Crippen LogP contribution in [0.25, 0.3) is 0 Å². The lowest BCUT2D eigenvalue weighted by atomic mass is 9.83. The first-order valence-electron chi connectivity index (χ1n) is 7.78. The minimum Gasteiger partial charge on any atom is -0.376 e. The summed E-state index contributed by atoms with van der Waals surface area (Å²) < 4.78 is 8.25. The van der Waals surface area contributed by atoms with Gasteiger partial charge in [0, 0.05) is 38.0 Å². The number of imidazole rings is 1. The predicted molar refractivity (Wildman–Crippen MR) is 83.9 cm³/mol. The Morgan fingerprint density at radius 3 is 2.50 bits per heavy atom. The maximum absolute atomic E-state index is 6.04. The molecule has 0 aliphatic carbocycles. The van der Waals surface area contributed by atoms with Crippen molar-refractivity contribution in [2.24, 2.45) is 5.41 Å². The normalized spacial score (nSPS) is 15.3. The van der Waals surface area contributed by atoms with Gasteiger partial charge in [-0.1, -0.05) is 27.7 Å². The van der Waals surface area contributed by atoms with Crippen molar-refractivity contribution in [2.45, 2.75) is 66.7 Å². The number of rotatable bonds is 8. The number of hydrogen-bond donors (Lipinski definition) is 1. The molecule has 4 heteroatoms. The van der Waals surface area contributed by atoms with Crippen LogP contribution in [0.5, 0.6) is 0 Å². The first-order valence-corrected chi connectivity index (χ1v) is 7.78. The second kappa shape index (κ2) is 7.79. The van der Waals surface area contributed by atoms with E-state index in [2.05, 4.69) is 56.4 Å². The Hall–Kier alpha value is -0.870. The van der Waals surface area contributed by atoms with Crippen molar-refractivity contribution in [3.8, 4) is 0 Å². The highest BCUT2D eigenvalue weighted by molar-refractivity contribution is 4.99. The molecule has 0 amide bonds. The van der Waals surface area contributed by atoms with Gasteiger partial charge in [0.1, 0.15) is 5.82 Å². The highest BCUT2D eigenvalue weighted by Crippen LogP contribution is 2.26. The third-order valence-electron chi connectivity index (χ3n) is 3.58. The quantitative estimate of drug-likeness (QED) is 0.796. The van der Waals surface area contributed by atoms with Crippen LogP contribution in [0.3, 0.4) is 0 Å². The van der Waals surface area contributed by atoms with Gasteiger partial charge >= 0.3 is 0 Å². The molecule has 0 fully saturated rings. The molecule has 116 valence electrons. The number of hydrogen-bond acceptors (Lipinski definition) is 3. The monoisotopic (exact) mass is 281 g/mol. The first kappa shape index (κ1) is 17.2. The zero-order valence-corrected chi connectivity index (χ0v) is 13.9. The van der Waals surface area contributed by atoms with Crippen molar-refractivity contribution in [3.05, 3.63) is 18.2 Å². The summed E-state index contributed by atoms with van der Waals surface area (Å²) in [6.07, 6.45) is 5.01. The fourth-order valence-electron chi connectivity index (χ4n) is 2.71. The van der Waals surface area contributed by atoms with Crippen molar-refractivity contribution >= 4 is 0 Å². The van der Waals surface area contributed by atoms with Crippen molar-refractivity contribution in [1.29, 1.82) is 0 Å². The number of ether oxygens (including phenoxy) is 1. The number of likely N-dealkylation sites (N-methyl/N-ethyl adjacent to an activating group) is 1. The van der Waals surface area contributed by atoms with Gasteiger partial charge in [-0.3, -0.25) is 0 Å². The van der Waals surface area contributed by atoms with Crippen molar-refractivity contribution in [3.63, 3.8) is 0 Å². The Balaban J connectivity index is 2.91. The van der Waals surface area contributed by atoms with E-state index in [-0.39, 0.29) is 17.6 Å². The van der Waals surface area contributed by atoms with E-state index in [4.69, 9.17) is 4.74 Å². The van der Waals surface area contributed by atoms with Gasteiger partial charge in [0.25, 0.3) is 0 Å². The third kappa shape index (κ3) is 4.60. The van der Waals surface area contributed by atoms with Gasteiger partial charge in [-0.05, 0) is 25.8 Å². The summed E-state index contributed by atoms with van der Waals surface area (Å²) in [4.78, 5) is 4.50. The smallest absolute Gasteiger partial charge is 0.110 e. The van der Waals surface area contributed by atoms with E-state index in [1.165, 1.54) is 0 Å². The summed E-state index contributed by atoms with van der Waals surface area (Å²) in [7, 11) is 0. The van der Waals surface area contributed by atoms with Gasteiger partial charge in [-0.2, -0.15) is 0 Å². The molecule has 1 N–H and O–H groups in total. The largest absolute Gasteiger partial charge is 0.376 e. The number of nitrogens with one attached hydrogen (secondary N) is 1. The van der Waals surface area contributed by atoms with Gasteiger partial charge in [0.2, 0.25) is 0 Å². The maximum atomic E-state index is 6.04. The molecule has 0 saturated carbocycles. The van der Waals surface area contributed by atoms with Crippen molar-refractivity contribution < 1.29 is 4.74 Å². The Bertz CT molecular complexity index is 381. The molecule has 20 heavy (non-hydrogen) atoms. The topological polar surface area (TPSA) is 39.1 Å². The van der Waals surface area contributed by atoms with Crippen LogP contribution in [0.2, 0.25) is 0 Å². The molecular weight excluding hydrogens is 250 g/mol. The van der Waals surface area contributed by atoms with Crippen LogP contribution < -0.4 is 5.32 Å². The second-order valence-corrected chi connectivity index (χ2v) is 6.24. The summed E-state index contributed by atoms with van der Waals surface area (Å²) in [5.74, 6) is 1.13. The van der Waals surface area contributed by atoms with E-state index >= 15 is 0 Å². The molecular formula is C16H31N3O. The van der Waals surface area contributed by atoms with Crippen LogP contribution >= 0.6 is 0 Å². The Labute approximate surface area is 123 Å². The molecule has 0 aliphatic rings. The fraction of sp³-hybridized carbons (Fsp3) is 0.812. The molecule has 4 nitrogen and oxygen atoms in total. The molecule has 1 rings (SSSR count). The summed E-state index contributed by atoms with van der Waals surface area (Å²) in [5.41, 5.74) is 0.104. The summed E-state index contributed by atoms with van der Waals surface area (Å²) in [6.45, 7) is 15.7. The fourth-order valence-corrected chi connectivity index (χ4v) is 2.71. The molecule has 0 aromatic carbocycles. The first-order chi connectivity index (χ1) is 9.43. The maximum Gasteiger partial charge on any atom is 0.110 e. The van der Waals surface area contributed by atoms with Gasteiger partial charge < -0.3 is 14.6 Å². The number of aromatic nitrogens is 2. The number of aryl methyl sites for hydroxylation is 1. The average Bonchev–Trinajstić information content (AvgIpc) is 2.81. The van der Waals surface area contributed by atoms with Gasteiger partial charge in [0.05, 0.1) is 6.10 Å². The van der Waals surface area contributed by atoms with Gasteiger partial charge in [-0.25, -0.2) is 4.98 Å². The van der Waals surface area contributed by atoms with Gasteiger partial charge in [0.15, 0.2) is 0 Å². The lowest BCUT2D eigenvalue weighted by Gasteiger charge is -2.37. The van der Waals surface area contributed by atoms with E-state index in [9.17, 15) is 0 Å². The Morgan fingerprint density at radius 2 is 2.00 bits per heavy atom. The minimum atomic E-state index is 0.104. The summed E-state index contributed by atoms with van der Waals surface area (Å²) >= 11 is 0. The van der Waals surface area contributed by atoms with Crippen LogP contribution in [0.15, 0.2) is 12.4 Å². The molecule has 2 unspecified atom stereocenters. The minimum absolute atomic E-state index is 0.104. The highest BCUT2D eigenvalue weighted by atomic mass is 16.5. The Kier molecular flexibility index (Phi) is 6.69. The van der Waals surface area contributed by atoms with Crippen molar-refractivity contribution in [2.75, 3.05) is 13.2 Å². The Morgan fingerprint density at radius 1 is 1.30 bits per heavy atom. The molecule has 0 bridgehead atoms. The van der Waals surface area contributed by atoms with Crippen molar-refractivity contribution in [1.82, 2.24) is 14.9 Å². The third-order valence-corrected chi connectivity index (χ3v) is 3.58. The van der Waals surface area contributed by atoms with Crippen LogP contribution in [0, 0.1) is 5.41 Å². The van der Waals surface area contributed by atoms with E-state index in [0.717, 1.165) is 31.9 Å². The van der Waals surface area contributed by atoms with Crippen LogP contribution in [0.4, 0.5) is 0 Å². The van der Waals surface area contributed by atoms with Crippen LogP contribution in [-0.2, 0) is 17.7 Å². The zero-order chi connectivity index (χ0) is 15.2. The molecule has 0 spiro atoms. The highest BCUT2D eigenvalue weighted by Gasteiger charge is 2.33. The average molecular weight is 281 g/mol. The summed E-state index contributed by atoms with van der Waals surface area (Å²) in [6, 6.07) is 0.285. The summed E-state index contributed by atoms with van der Waals surface area (Å²) in [5, 5.41) is 3.59. The second-order valence-electron chi connectivity index (χ2n) is 6.24. The molecule has 0 saturated heterocycles. The lowest BCUT2D eigenvalue weighted by Crippen LogP contribution is -2.49. The molecule has 1 heterocycles. The molecule has 2 atom stereocenters. The van der Waals surface area contributed by atoms with E-state index in [0.29, 0.717) is 0 Å². The standard InChI is InChI=1S/C16H31N3O/c1-7-17-13(15(20-9-3)16(4,5)6)12-14-18-10-11-19(14)8-2/h10-11,13,15,17H,7-9,12H2,1-6H3. The van der Waals surface area contributed by atoms with E-state index in [1.54, 1.807) is 0 Å². The number of nitrogens with zero attached hydrogens (tertiary/aromatic N) is 2. The van der Waals surface area contributed by atoms with E-state index < -0.39 is 0 Å². The van der Waals surface area contributed by atoms with Gasteiger partial charge in [-0.15, -0.1) is 0 Å². The SMILES string of the molecule is CCNC(Cc1nccn1CC)C(OCC)C(C)(C)C. The molecule has 1 aromatic rings. The van der Waals surface area contributed by atoms with Crippen LogP contribution in [-0.4, -0.2) is 34.8 Å². The van der Waals surface area contributed by atoms with Crippen LogP contribution in [0.1, 0.15) is 47.4 Å². The molecule has 1 aromatic heterocycles. The van der Waals surface area contributed by atoms with E-state index in [1.807, 2.05) is 12.4 Å². The predicted octanol–water partition coefficient (Wildman–Crippen LogP) is 2.87. The molecule has 0 radical (unpaired) electrons. The zero-order valence-electron chi connectivity index (χ0n) is 13.9. The molecule has 0 aliphatic heterocycles. The lowest BCUT2D eigenvalue weighted by molar-refractivity contribution is -0.0357.